The highest BCUT2D eigenvalue weighted by atomic mass is 16.6. The summed E-state index contributed by atoms with van der Waals surface area (Å²) in [6.45, 7) is 3.96. The molecule has 2 heterocycles. The van der Waals surface area contributed by atoms with Crippen LogP contribution in [0.4, 0.5) is 0 Å². The number of nitrogens with one attached hydrogen (secondary N) is 1. The van der Waals surface area contributed by atoms with Gasteiger partial charge in [0.15, 0.2) is 5.84 Å². The molecule has 0 amide bonds. The lowest BCUT2D eigenvalue weighted by Crippen LogP contribution is -2.32. The van der Waals surface area contributed by atoms with Crippen molar-refractivity contribution < 1.29 is 23.2 Å². The normalized spacial score (nSPS) is 12.1. The lowest BCUT2D eigenvalue weighted by molar-refractivity contribution is -0.463. The van der Waals surface area contributed by atoms with Crippen molar-refractivity contribution in [3.63, 3.8) is 0 Å². The summed E-state index contributed by atoms with van der Waals surface area (Å²) >= 11 is 0. The molecule has 0 radical (unpaired) electrons. The van der Waals surface area contributed by atoms with E-state index in [-0.39, 0.29) is 11.5 Å². The fourth-order valence-electron chi connectivity index (χ4n) is 3.21. The number of nitro groups is 1. The van der Waals surface area contributed by atoms with E-state index in [2.05, 4.69) is 10.3 Å². The third-order valence-electron chi connectivity index (χ3n) is 4.69. The Morgan fingerprint density at radius 2 is 1.43 bits per heavy atom. The molecule has 0 spiro atoms. The summed E-state index contributed by atoms with van der Waals surface area (Å²) in [6, 6.07) is 7.73. The van der Waals surface area contributed by atoms with E-state index in [1.807, 2.05) is 62.3 Å². The van der Waals surface area contributed by atoms with Gasteiger partial charge in [0.05, 0.1) is 13.1 Å². The summed E-state index contributed by atoms with van der Waals surface area (Å²) in [7, 11) is 7.94. The molecule has 2 rings (SSSR count). The Bertz CT molecular complexity index is 893. The van der Waals surface area contributed by atoms with E-state index >= 15 is 0 Å². The highest BCUT2D eigenvalue weighted by molar-refractivity contribution is 5.83. The standard InChI is InChI=1S/C24H39N5O6/c1-27(2)15-20-7-9-22(34-20)18-32-13-5-11-25-24(17-29(30)31)26-12-6-14-33-19-23-10-8-21(35-23)16-28(3)4/h7-10H,5-6,11-19H2,1-4H3,(H,25,26). The van der Waals surface area contributed by atoms with Gasteiger partial charge >= 0.3 is 0 Å². The second kappa shape index (κ2) is 16.0. The smallest absolute Gasteiger partial charge is 0.259 e. The Labute approximate surface area is 207 Å². The number of amidine groups is 1. The number of rotatable bonds is 18. The van der Waals surface area contributed by atoms with Gasteiger partial charge in [0.1, 0.15) is 36.3 Å². The fraction of sp³-hybridized carbons (Fsp3) is 0.625. The molecule has 2 aromatic rings. The van der Waals surface area contributed by atoms with Crippen molar-refractivity contribution >= 4 is 5.84 Å². The van der Waals surface area contributed by atoms with Crippen molar-refractivity contribution in [2.45, 2.75) is 39.1 Å². The predicted molar refractivity (Wildman–Crippen MR) is 133 cm³/mol. The molecule has 0 fully saturated rings. The monoisotopic (exact) mass is 493 g/mol. The van der Waals surface area contributed by atoms with Gasteiger partial charge in [-0.2, -0.15) is 0 Å². The minimum Gasteiger partial charge on any atom is -0.462 e. The summed E-state index contributed by atoms with van der Waals surface area (Å²) in [5.41, 5.74) is 0. The Morgan fingerprint density at radius 3 is 1.94 bits per heavy atom. The third kappa shape index (κ3) is 13.1. The van der Waals surface area contributed by atoms with Crippen LogP contribution in [-0.4, -0.2) is 81.6 Å². The van der Waals surface area contributed by atoms with Gasteiger partial charge < -0.3 is 33.4 Å². The second-order valence-electron chi connectivity index (χ2n) is 8.77. The first kappa shape index (κ1) is 28.5. The minimum absolute atomic E-state index is 0.330. The van der Waals surface area contributed by atoms with Crippen LogP contribution in [0.1, 0.15) is 35.9 Å². The van der Waals surface area contributed by atoms with Crippen LogP contribution in [0.2, 0.25) is 0 Å². The molecule has 35 heavy (non-hydrogen) atoms. The quantitative estimate of drug-likeness (QED) is 0.110. The molecule has 0 saturated heterocycles. The topological polar surface area (TPSA) is 119 Å². The number of hydrogen-bond acceptors (Lipinski definition) is 9. The Kier molecular flexibility index (Phi) is 13.1. The lowest BCUT2D eigenvalue weighted by Gasteiger charge is -2.08. The molecule has 0 aromatic carbocycles. The van der Waals surface area contributed by atoms with E-state index in [4.69, 9.17) is 18.3 Å². The van der Waals surface area contributed by atoms with Crippen molar-refractivity contribution in [2.24, 2.45) is 4.99 Å². The molecule has 11 heteroatoms. The van der Waals surface area contributed by atoms with E-state index in [0.717, 1.165) is 36.1 Å². The number of furan rings is 2. The molecule has 0 atom stereocenters. The zero-order valence-electron chi connectivity index (χ0n) is 21.3. The molecule has 0 aliphatic rings. The van der Waals surface area contributed by atoms with Crippen LogP contribution in [0.15, 0.2) is 38.1 Å². The van der Waals surface area contributed by atoms with Gasteiger partial charge in [0, 0.05) is 31.2 Å². The summed E-state index contributed by atoms with van der Waals surface area (Å²) in [6.07, 6.45) is 1.36. The molecule has 11 nitrogen and oxygen atoms in total. The fourth-order valence-corrected chi connectivity index (χ4v) is 3.21. The molecule has 2 aromatic heterocycles. The van der Waals surface area contributed by atoms with Crippen LogP contribution in [0, 0.1) is 10.1 Å². The maximum absolute atomic E-state index is 10.9. The zero-order chi connectivity index (χ0) is 25.5. The van der Waals surface area contributed by atoms with Gasteiger partial charge in [0.2, 0.25) is 0 Å². The van der Waals surface area contributed by atoms with E-state index in [0.29, 0.717) is 58.2 Å². The molecule has 196 valence electrons. The van der Waals surface area contributed by atoms with Gasteiger partial charge in [-0.1, -0.05) is 0 Å². The number of hydrogen-bond donors (Lipinski definition) is 1. The molecule has 0 saturated carbocycles. The SMILES string of the molecule is CN(C)Cc1ccc(COCCCN=C(C[N+](=O)[O-])NCCCOCc2ccc(CN(C)C)o2)o1. The van der Waals surface area contributed by atoms with Crippen LogP contribution < -0.4 is 5.32 Å². The van der Waals surface area contributed by atoms with Gasteiger partial charge in [-0.25, -0.2) is 0 Å². The lowest BCUT2D eigenvalue weighted by atomic mass is 10.4. The summed E-state index contributed by atoms with van der Waals surface area (Å²) in [4.78, 5) is 19.0. The average molecular weight is 494 g/mol. The second-order valence-corrected chi connectivity index (χ2v) is 8.77. The van der Waals surface area contributed by atoms with E-state index in [9.17, 15) is 10.1 Å². The largest absolute Gasteiger partial charge is 0.462 e. The average Bonchev–Trinajstić information content (AvgIpc) is 3.40. The molecule has 0 bridgehead atoms. The summed E-state index contributed by atoms with van der Waals surface area (Å²) < 4.78 is 22.7. The van der Waals surface area contributed by atoms with Gasteiger partial charge in [-0.3, -0.25) is 15.1 Å². The number of nitrogens with zero attached hydrogens (tertiary/aromatic N) is 4. The van der Waals surface area contributed by atoms with E-state index in [1.165, 1.54) is 0 Å². The Morgan fingerprint density at radius 1 is 0.914 bits per heavy atom. The molecule has 0 unspecified atom stereocenters. The number of aliphatic imine (C=N–C) groups is 1. The predicted octanol–water partition coefficient (Wildman–Crippen LogP) is 2.77. The van der Waals surface area contributed by atoms with Gasteiger partial charge in [-0.05, 0) is 65.3 Å². The first-order valence-electron chi connectivity index (χ1n) is 11.8. The van der Waals surface area contributed by atoms with Crippen LogP contribution >= 0.6 is 0 Å². The van der Waals surface area contributed by atoms with Crippen molar-refractivity contribution in [2.75, 3.05) is 61.0 Å². The molecule has 0 aliphatic heterocycles. The van der Waals surface area contributed by atoms with Crippen LogP contribution in [0.25, 0.3) is 0 Å². The highest BCUT2D eigenvalue weighted by Gasteiger charge is 2.08. The zero-order valence-corrected chi connectivity index (χ0v) is 21.3. The minimum atomic E-state index is -0.386. The molecule has 0 aliphatic carbocycles. The first-order chi connectivity index (χ1) is 16.8. The van der Waals surface area contributed by atoms with Crippen LogP contribution in [0.3, 0.4) is 0 Å². The van der Waals surface area contributed by atoms with Crippen LogP contribution in [-0.2, 0) is 35.8 Å². The molecule has 1 N–H and O–H groups in total. The summed E-state index contributed by atoms with van der Waals surface area (Å²) in [5.74, 6) is 3.73. The Hall–Kier alpha value is -2.73. The molecular weight excluding hydrogens is 454 g/mol. The van der Waals surface area contributed by atoms with Crippen molar-refractivity contribution in [1.82, 2.24) is 15.1 Å². The van der Waals surface area contributed by atoms with Crippen molar-refractivity contribution in [3.05, 3.63) is 57.4 Å². The van der Waals surface area contributed by atoms with Crippen LogP contribution in [0.5, 0.6) is 0 Å². The first-order valence-corrected chi connectivity index (χ1v) is 11.8. The number of ether oxygens (including phenoxy) is 2. The maximum Gasteiger partial charge on any atom is 0.259 e. The van der Waals surface area contributed by atoms with Crippen molar-refractivity contribution in [3.8, 4) is 0 Å². The maximum atomic E-state index is 10.9. The van der Waals surface area contributed by atoms with Gasteiger partial charge in [-0.15, -0.1) is 0 Å². The van der Waals surface area contributed by atoms with E-state index in [1.54, 1.807) is 0 Å². The van der Waals surface area contributed by atoms with Gasteiger partial charge in [0.25, 0.3) is 6.54 Å². The Balaban J connectivity index is 1.58. The van der Waals surface area contributed by atoms with E-state index < -0.39 is 0 Å². The highest BCUT2D eigenvalue weighted by Crippen LogP contribution is 2.11. The molecular formula is C24H39N5O6. The van der Waals surface area contributed by atoms with Crippen molar-refractivity contribution in [1.29, 1.82) is 0 Å². The third-order valence-corrected chi connectivity index (χ3v) is 4.69. The summed E-state index contributed by atoms with van der Waals surface area (Å²) in [5, 5.41) is 14.0.